The maximum absolute atomic E-state index is 6.72. The molecule has 152 valence electrons. The van der Waals surface area contributed by atoms with E-state index < -0.39 is 8.07 Å². The van der Waals surface area contributed by atoms with Crippen LogP contribution in [0.2, 0.25) is 13.1 Å². The van der Waals surface area contributed by atoms with Crippen LogP contribution in [0.5, 0.6) is 11.5 Å². The van der Waals surface area contributed by atoms with Gasteiger partial charge in [-0.25, -0.2) is 4.57 Å². The molecule has 1 aliphatic heterocycles. The van der Waals surface area contributed by atoms with Crippen molar-refractivity contribution in [1.29, 1.82) is 0 Å². The molecule has 0 fully saturated rings. The van der Waals surface area contributed by atoms with E-state index in [2.05, 4.69) is 79.1 Å². The molecule has 0 atom stereocenters. The third-order valence-corrected chi connectivity index (χ3v) is 12.3. The Kier molecular flexibility index (Phi) is 3.88. The number of ether oxygens (including phenoxy) is 1. The van der Waals surface area contributed by atoms with Gasteiger partial charge in [0.05, 0.1) is 18.1 Å². The van der Waals surface area contributed by atoms with Crippen molar-refractivity contribution in [2.75, 3.05) is 0 Å². The van der Waals surface area contributed by atoms with Crippen molar-refractivity contribution in [1.82, 2.24) is 9.97 Å². The molecule has 4 nitrogen and oxygen atoms in total. The van der Waals surface area contributed by atoms with Gasteiger partial charge in [0.2, 0.25) is 4.83 Å². The smallest absolute Gasteiger partial charge is 0.288 e. The van der Waals surface area contributed by atoms with Crippen LogP contribution in [0.3, 0.4) is 0 Å². The standard InChI is InChI=1S/C25H22N3OSSi/c1-15-17-11-8-12-26-18(17)13-19-20(15)22-21-23(29-19)25(30-24(21)27-14-28(22)2)31(3,4)16-9-6-5-7-10-16/h5-14H,1-4H3/q+1. The van der Waals surface area contributed by atoms with Crippen molar-refractivity contribution in [2.24, 2.45) is 7.05 Å². The maximum Gasteiger partial charge on any atom is 0.288 e. The average Bonchev–Trinajstić information content (AvgIpc) is 3.16. The molecule has 0 amide bonds. The molecule has 0 bridgehead atoms. The lowest BCUT2D eigenvalue weighted by molar-refractivity contribution is -0.662. The summed E-state index contributed by atoms with van der Waals surface area (Å²) in [7, 11) is 0.104. The van der Waals surface area contributed by atoms with Gasteiger partial charge in [0.1, 0.15) is 19.2 Å². The quantitative estimate of drug-likeness (QED) is 0.292. The molecule has 3 aromatic heterocycles. The summed E-state index contributed by atoms with van der Waals surface area (Å²) < 4.78 is 10.2. The minimum absolute atomic E-state index is 0.886. The van der Waals surface area contributed by atoms with Crippen molar-refractivity contribution >= 4 is 50.2 Å². The lowest BCUT2D eigenvalue weighted by Crippen LogP contribution is -2.51. The molecule has 4 heterocycles. The fourth-order valence-electron chi connectivity index (χ4n) is 4.72. The number of hydrogen-bond donors (Lipinski definition) is 0. The third-order valence-electron chi connectivity index (χ3n) is 6.43. The lowest BCUT2D eigenvalue weighted by Gasteiger charge is -2.25. The minimum atomic E-state index is -1.97. The molecule has 0 radical (unpaired) electrons. The predicted octanol–water partition coefficient (Wildman–Crippen LogP) is 4.57. The molecule has 6 rings (SSSR count). The fourth-order valence-corrected chi connectivity index (χ4v) is 9.24. The normalized spacial score (nSPS) is 12.8. The zero-order chi connectivity index (χ0) is 21.3. The SMILES string of the molecule is Cc1c2c(cc3ncccc13)Oc1c([Si](C)(C)c3ccccc3)sc3nc[n+](C)c-2c13. The lowest BCUT2D eigenvalue weighted by atomic mass is 9.96. The number of rotatable bonds is 2. The maximum atomic E-state index is 6.72. The van der Waals surface area contributed by atoms with E-state index in [0.717, 1.165) is 38.2 Å². The number of fused-ring (bicyclic) bond motifs is 3. The van der Waals surface area contributed by atoms with E-state index in [1.54, 1.807) is 11.3 Å². The van der Waals surface area contributed by atoms with Crippen LogP contribution < -0.4 is 19.0 Å². The molecule has 0 N–H and O–H groups in total. The Bertz CT molecular complexity index is 1510. The molecule has 1 aliphatic rings. The van der Waals surface area contributed by atoms with Gasteiger partial charge in [-0.2, -0.15) is 0 Å². The molecule has 0 aliphatic carbocycles. The summed E-state index contributed by atoms with van der Waals surface area (Å²) in [6.45, 7) is 6.96. The molecule has 0 unspecified atom stereocenters. The van der Waals surface area contributed by atoms with E-state index in [4.69, 9.17) is 9.72 Å². The molecule has 0 saturated carbocycles. The Morgan fingerprint density at radius 1 is 1.03 bits per heavy atom. The first kappa shape index (κ1) is 18.7. The van der Waals surface area contributed by atoms with Gasteiger partial charge < -0.3 is 4.74 Å². The highest BCUT2D eigenvalue weighted by atomic mass is 32.1. The molecular formula is C25H22N3OSSi+. The van der Waals surface area contributed by atoms with E-state index in [1.165, 1.54) is 20.9 Å². The van der Waals surface area contributed by atoms with Gasteiger partial charge in [-0.05, 0) is 23.5 Å². The molecule has 6 heteroatoms. The van der Waals surface area contributed by atoms with Crippen molar-refractivity contribution in [3.05, 3.63) is 66.6 Å². The van der Waals surface area contributed by atoms with Crippen LogP contribution in [-0.4, -0.2) is 18.0 Å². The summed E-state index contributed by atoms with van der Waals surface area (Å²) in [5, 5.41) is 3.70. The van der Waals surface area contributed by atoms with Gasteiger partial charge in [-0.3, -0.25) is 4.98 Å². The molecule has 0 spiro atoms. The second-order valence-electron chi connectivity index (χ2n) is 8.68. The minimum Gasteiger partial charge on any atom is -0.455 e. The van der Waals surface area contributed by atoms with Crippen molar-refractivity contribution < 1.29 is 9.30 Å². The summed E-state index contributed by atoms with van der Waals surface area (Å²) in [5.74, 6) is 1.87. The summed E-state index contributed by atoms with van der Waals surface area (Å²) in [5.41, 5.74) is 4.49. The van der Waals surface area contributed by atoms with E-state index in [1.807, 2.05) is 18.6 Å². The van der Waals surface area contributed by atoms with Gasteiger partial charge in [0.25, 0.3) is 6.33 Å². The fraction of sp³-hybridized carbons (Fsp3) is 0.160. The number of nitrogens with zero attached hydrogens (tertiary/aromatic N) is 3. The Labute approximate surface area is 185 Å². The number of pyridine rings is 1. The second kappa shape index (κ2) is 6.45. The molecular weight excluding hydrogens is 418 g/mol. The Hall–Kier alpha value is -3.09. The largest absolute Gasteiger partial charge is 0.455 e. The topological polar surface area (TPSA) is 38.9 Å². The number of hydrogen-bond acceptors (Lipinski definition) is 4. The van der Waals surface area contributed by atoms with Crippen LogP contribution in [0.1, 0.15) is 5.56 Å². The molecule has 0 saturated heterocycles. The first-order valence-corrected chi connectivity index (χ1v) is 14.2. The van der Waals surface area contributed by atoms with E-state index in [-0.39, 0.29) is 0 Å². The summed E-state index contributed by atoms with van der Waals surface area (Å²) in [6.07, 6.45) is 3.77. The van der Waals surface area contributed by atoms with Crippen LogP contribution >= 0.6 is 11.3 Å². The predicted molar refractivity (Wildman–Crippen MR) is 130 cm³/mol. The number of aryl methyl sites for hydroxylation is 2. The average molecular weight is 441 g/mol. The second-order valence-corrected chi connectivity index (χ2v) is 14.4. The number of benzene rings is 2. The number of thiophene rings is 1. The van der Waals surface area contributed by atoms with E-state index in [9.17, 15) is 0 Å². The van der Waals surface area contributed by atoms with Gasteiger partial charge in [0.15, 0.2) is 11.4 Å². The van der Waals surface area contributed by atoms with Crippen molar-refractivity contribution in [3.63, 3.8) is 0 Å². The number of aromatic nitrogens is 3. The van der Waals surface area contributed by atoms with E-state index >= 15 is 0 Å². The van der Waals surface area contributed by atoms with Gasteiger partial charge >= 0.3 is 0 Å². The highest BCUT2D eigenvalue weighted by molar-refractivity contribution is 7.34. The monoisotopic (exact) mass is 440 g/mol. The van der Waals surface area contributed by atoms with Gasteiger partial charge in [0, 0.05) is 22.1 Å². The zero-order valence-corrected chi connectivity index (χ0v) is 19.7. The first-order valence-electron chi connectivity index (χ1n) is 10.4. The van der Waals surface area contributed by atoms with Crippen LogP contribution in [0.25, 0.3) is 32.4 Å². The van der Waals surface area contributed by atoms with E-state index in [0.29, 0.717) is 0 Å². The van der Waals surface area contributed by atoms with Gasteiger partial charge in [-0.15, -0.1) is 0 Å². The highest BCUT2D eigenvalue weighted by Crippen LogP contribution is 2.49. The van der Waals surface area contributed by atoms with Crippen LogP contribution in [0, 0.1) is 6.92 Å². The van der Waals surface area contributed by atoms with Gasteiger partial charge in [-0.1, -0.05) is 66.0 Å². The summed E-state index contributed by atoms with van der Waals surface area (Å²) in [6, 6.07) is 17.0. The van der Waals surface area contributed by atoms with Crippen molar-refractivity contribution in [3.8, 4) is 22.8 Å². The Morgan fingerprint density at radius 2 is 1.84 bits per heavy atom. The third kappa shape index (κ3) is 2.55. The van der Waals surface area contributed by atoms with Crippen LogP contribution in [-0.2, 0) is 7.05 Å². The summed E-state index contributed by atoms with van der Waals surface area (Å²) >= 11 is 1.79. The zero-order valence-electron chi connectivity index (χ0n) is 17.9. The summed E-state index contributed by atoms with van der Waals surface area (Å²) in [4.78, 5) is 10.4. The first-order chi connectivity index (χ1) is 15.0. The molecule has 5 aromatic rings. The van der Waals surface area contributed by atoms with Crippen LogP contribution in [0.4, 0.5) is 0 Å². The highest BCUT2D eigenvalue weighted by Gasteiger charge is 2.39. The molecule has 2 aromatic carbocycles. The Morgan fingerprint density at radius 3 is 2.65 bits per heavy atom. The van der Waals surface area contributed by atoms with Crippen molar-refractivity contribution in [2.45, 2.75) is 20.0 Å². The Balaban J connectivity index is 1.71. The van der Waals surface area contributed by atoms with Crippen LogP contribution in [0.15, 0.2) is 61.1 Å². The molecule has 31 heavy (non-hydrogen) atoms.